The standard InChI is InChI=1S/C20H16F3N3O2/c21-20(22,23)28-15-11-9-13(10-12-15)24-19(27)18-16-7-4-8-17(16)26(25-18)14-5-2-1-3-6-14/h1-3,5-6,9-12H,4,7-8H2,(H,24,27). The molecule has 0 saturated carbocycles. The number of anilines is 1. The van der Waals surface area contributed by atoms with E-state index in [2.05, 4.69) is 15.2 Å². The number of halogens is 3. The van der Waals surface area contributed by atoms with Crippen LogP contribution in [0.1, 0.15) is 28.2 Å². The smallest absolute Gasteiger partial charge is 0.406 e. The molecule has 0 fully saturated rings. The van der Waals surface area contributed by atoms with Crippen LogP contribution >= 0.6 is 0 Å². The van der Waals surface area contributed by atoms with E-state index in [-0.39, 0.29) is 5.75 Å². The number of alkyl halides is 3. The Balaban J connectivity index is 1.56. The van der Waals surface area contributed by atoms with Gasteiger partial charge in [0.05, 0.1) is 5.69 Å². The summed E-state index contributed by atoms with van der Waals surface area (Å²) in [4.78, 5) is 12.7. The van der Waals surface area contributed by atoms with Crippen LogP contribution in [0.2, 0.25) is 0 Å². The molecule has 28 heavy (non-hydrogen) atoms. The predicted octanol–water partition coefficient (Wildman–Crippen LogP) is 4.51. The fourth-order valence-electron chi connectivity index (χ4n) is 3.33. The zero-order valence-electron chi connectivity index (χ0n) is 14.7. The zero-order valence-corrected chi connectivity index (χ0v) is 14.7. The number of fused-ring (bicyclic) bond motifs is 1. The van der Waals surface area contributed by atoms with Gasteiger partial charge in [-0.05, 0) is 55.7 Å². The summed E-state index contributed by atoms with van der Waals surface area (Å²) in [5.41, 5.74) is 3.52. The van der Waals surface area contributed by atoms with Crippen molar-refractivity contribution < 1.29 is 22.7 Å². The zero-order chi connectivity index (χ0) is 19.7. The lowest BCUT2D eigenvalue weighted by molar-refractivity contribution is -0.274. The third-order valence-electron chi connectivity index (χ3n) is 4.49. The van der Waals surface area contributed by atoms with E-state index in [1.807, 2.05) is 30.3 Å². The Kier molecular flexibility index (Phi) is 4.54. The highest BCUT2D eigenvalue weighted by Gasteiger charge is 2.31. The minimum Gasteiger partial charge on any atom is -0.406 e. The minimum atomic E-state index is -4.75. The molecule has 144 valence electrons. The van der Waals surface area contributed by atoms with Crippen molar-refractivity contribution in [1.82, 2.24) is 9.78 Å². The van der Waals surface area contributed by atoms with Crippen molar-refractivity contribution in [3.05, 3.63) is 71.5 Å². The fourth-order valence-corrected chi connectivity index (χ4v) is 3.33. The Labute approximate surface area is 158 Å². The van der Waals surface area contributed by atoms with Crippen LogP contribution in [-0.2, 0) is 12.8 Å². The Bertz CT molecular complexity index is 996. The molecule has 0 aliphatic heterocycles. The molecular formula is C20H16F3N3O2. The molecule has 2 aromatic carbocycles. The van der Waals surface area contributed by atoms with Crippen molar-refractivity contribution in [3.63, 3.8) is 0 Å². The topological polar surface area (TPSA) is 56.1 Å². The van der Waals surface area contributed by atoms with E-state index in [1.54, 1.807) is 4.68 Å². The van der Waals surface area contributed by atoms with Crippen molar-refractivity contribution in [2.75, 3.05) is 5.32 Å². The average Bonchev–Trinajstić information content (AvgIpc) is 3.25. The second-order valence-electron chi connectivity index (χ2n) is 6.40. The summed E-state index contributed by atoms with van der Waals surface area (Å²) in [6, 6.07) is 14.6. The van der Waals surface area contributed by atoms with Gasteiger partial charge < -0.3 is 10.1 Å². The molecule has 5 nitrogen and oxygen atoms in total. The molecule has 0 spiro atoms. The van der Waals surface area contributed by atoms with E-state index in [1.165, 1.54) is 12.1 Å². The number of carbonyl (C=O) groups excluding carboxylic acids is 1. The van der Waals surface area contributed by atoms with Crippen molar-refractivity contribution in [2.45, 2.75) is 25.6 Å². The van der Waals surface area contributed by atoms with Crippen LogP contribution in [-0.4, -0.2) is 22.1 Å². The highest BCUT2D eigenvalue weighted by molar-refractivity contribution is 6.04. The monoisotopic (exact) mass is 387 g/mol. The lowest BCUT2D eigenvalue weighted by Gasteiger charge is -2.09. The number of hydrogen-bond donors (Lipinski definition) is 1. The quantitative estimate of drug-likeness (QED) is 0.717. The Morgan fingerprint density at radius 1 is 1.04 bits per heavy atom. The van der Waals surface area contributed by atoms with Crippen LogP contribution in [0.3, 0.4) is 0 Å². The number of ether oxygens (including phenoxy) is 1. The maximum absolute atomic E-state index is 12.7. The minimum absolute atomic E-state index is 0.340. The summed E-state index contributed by atoms with van der Waals surface area (Å²) in [5.74, 6) is -0.739. The lowest BCUT2D eigenvalue weighted by Crippen LogP contribution is -2.17. The van der Waals surface area contributed by atoms with Crippen molar-refractivity contribution >= 4 is 11.6 Å². The normalized spacial score (nSPS) is 13.2. The van der Waals surface area contributed by atoms with Gasteiger partial charge in [0.25, 0.3) is 5.91 Å². The van der Waals surface area contributed by atoms with Crippen LogP contribution < -0.4 is 10.1 Å². The SMILES string of the molecule is O=C(Nc1ccc(OC(F)(F)F)cc1)c1nn(-c2ccccc2)c2c1CCC2. The Morgan fingerprint density at radius 3 is 2.43 bits per heavy atom. The number of nitrogens with zero attached hydrogens (tertiary/aromatic N) is 2. The molecule has 1 aliphatic rings. The number of hydrogen-bond acceptors (Lipinski definition) is 3. The summed E-state index contributed by atoms with van der Waals surface area (Å²) < 4.78 is 42.3. The third-order valence-corrected chi connectivity index (χ3v) is 4.49. The number of aromatic nitrogens is 2. The lowest BCUT2D eigenvalue weighted by atomic mass is 10.2. The van der Waals surface area contributed by atoms with Gasteiger partial charge in [0.15, 0.2) is 5.69 Å². The van der Waals surface area contributed by atoms with Gasteiger partial charge in [-0.1, -0.05) is 18.2 Å². The van der Waals surface area contributed by atoms with E-state index in [0.717, 1.165) is 48.3 Å². The molecule has 8 heteroatoms. The molecule has 0 radical (unpaired) electrons. The van der Waals surface area contributed by atoms with Crippen LogP contribution in [0.25, 0.3) is 5.69 Å². The molecular weight excluding hydrogens is 371 g/mol. The summed E-state index contributed by atoms with van der Waals surface area (Å²) >= 11 is 0. The van der Waals surface area contributed by atoms with Gasteiger partial charge in [-0.25, -0.2) is 4.68 Å². The van der Waals surface area contributed by atoms with Crippen LogP contribution in [0, 0.1) is 0 Å². The second-order valence-corrected chi connectivity index (χ2v) is 6.40. The fraction of sp³-hybridized carbons (Fsp3) is 0.200. The van der Waals surface area contributed by atoms with Gasteiger partial charge in [0.2, 0.25) is 0 Å². The van der Waals surface area contributed by atoms with Gasteiger partial charge >= 0.3 is 6.36 Å². The molecule has 1 heterocycles. The highest BCUT2D eigenvalue weighted by atomic mass is 19.4. The van der Waals surface area contributed by atoms with E-state index >= 15 is 0 Å². The first-order valence-corrected chi connectivity index (χ1v) is 8.74. The number of rotatable bonds is 4. The van der Waals surface area contributed by atoms with Crippen molar-refractivity contribution in [3.8, 4) is 11.4 Å². The molecule has 0 bridgehead atoms. The van der Waals surface area contributed by atoms with Crippen molar-refractivity contribution in [2.24, 2.45) is 0 Å². The van der Waals surface area contributed by atoms with Crippen LogP contribution in [0.4, 0.5) is 18.9 Å². The summed E-state index contributed by atoms with van der Waals surface area (Å²) in [6.07, 6.45) is -2.20. The average molecular weight is 387 g/mol. The van der Waals surface area contributed by atoms with Gasteiger partial charge in [0, 0.05) is 16.9 Å². The maximum atomic E-state index is 12.7. The molecule has 0 atom stereocenters. The number of nitrogens with one attached hydrogen (secondary N) is 1. The van der Waals surface area contributed by atoms with Gasteiger partial charge in [0.1, 0.15) is 5.75 Å². The van der Waals surface area contributed by atoms with Gasteiger partial charge in [-0.3, -0.25) is 4.79 Å². The molecule has 1 N–H and O–H groups in total. The Hall–Kier alpha value is -3.29. The summed E-state index contributed by atoms with van der Waals surface area (Å²) in [6.45, 7) is 0. The number of carbonyl (C=O) groups is 1. The molecule has 1 amide bonds. The maximum Gasteiger partial charge on any atom is 0.573 e. The van der Waals surface area contributed by atoms with E-state index in [0.29, 0.717) is 11.4 Å². The van der Waals surface area contributed by atoms with Gasteiger partial charge in [-0.15, -0.1) is 13.2 Å². The second kappa shape index (κ2) is 7.03. The molecule has 1 aliphatic carbocycles. The predicted molar refractivity (Wildman–Crippen MR) is 96.7 cm³/mol. The third kappa shape index (κ3) is 3.71. The molecule has 4 rings (SSSR count). The summed E-state index contributed by atoms with van der Waals surface area (Å²) in [5, 5.41) is 7.19. The molecule has 0 unspecified atom stereocenters. The highest BCUT2D eigenvalue weighted by Crippen LogP contribution is 2.29. The van der Waals surface area contributed by atoms with E-state index in [9.17, 15) is 18.0 Å². The van der Waals surface area contributed by atoms with Crippen LogP contribution in [0.15, 0.2) is 54.6 Å². The first kappa shape index (κ1) is 18.1. The number of para-hydroxylation sites is 1. The molecule has 1 aromatic heterocycles. The number of amides is 1. The van der Waals surface area contributed by atoms with E-state index in [4.69, 9.17) is 0 Å². The Morgan fingerprint density at radius 2 is 1.75 bits per heavy atom. The first-order chi connectivity index (χ1) is 13.4. The first-order valence-electron chi connectivity index (χ1n) is 8.74. The van der Waals surface area contributed by atoms with Gasteiger partial charge in [-0.2, -0.15) is 5.10 Å². The van der Waals surface area contributed by atoms with Crippen molar-refractivity contribution in [1.29, 1.82) is 0 Å². The molecule has 0 saturated heterocycles. The van der Waals surface area contributed by atoms with Crippen LogP contribution in [0.5, 0.6) is 5.75 Å². The molecule has 3 aromatic rings. The summed E-state index contributed by atoms with van der Waals surface area (Å²) in [7, 11) is 0. The van der Waals surface area contributed by atoms with E-state index < -0.39 is 12.3 Å². The number of benzene rings is 2. The largest absolute Gasteiger partial charge is 0.573 e.